The standard InChI is InChI=1S/C31H42O9/c1-21(32)37-24(11-9-7-5-3-2-4-6-8-10-22-12-13-26(34)27(35)16-22)18-25-17-23(33)19-31(39-25)20-29-28(40-31)14-15-30(36)38-29/h4,6,12-16,23-25,28-29,33-35H,2-3,5,7-11,17-20H2,1H3/b6-4+. The van der Waals surface area contributed by atoms with Gasteiger partial charge in [-0.05, 0) is 68.7 Å². The number of benzene rings is 1. The van der Waals surface area contributed by atoms with Crippen molar-refractivity contribution in [1.82, 2.24) is 0 Å². The molecule has 220 valence electrons. The van der Waals surface area contributed by atoms with Crippen molar-refractivity contribution >= 4 is 11.9 Å². The van der Waals surface area contributed by atoms with E-state index in [1.165, 1.54) is 19.1 Å². The van der Waals surface area contributed by atoms with Gasteiger partial charge in [-0.1, -0.05) is 31.1 Å². The first-order valence-electron chi connectivity index (χ1n) is 14.5. The number of carbonyl (C=O) groups excluding carboxylic acids is 2. The Balaban J connectivity index is 1.14. The number of ether oxygens (including phenoxy) is 4. The number of aryl methyl sites for hydroxylation is 1. The minimum absolute atomic E-state index is 0.0861. The predicted octanol–water partition coefficient (Wildman–Crippen LogP) is 4.76. The first-order chi connectivity index (χ1) is 19.2. The van der Waals surface area contributed by atoms with Gasteiger partial charge in [0, 0.05) is 32.3 Å². The monoisotopic (exact) mass is 558 g/mol. The highest BCUT2D eigenvalue weighted by Gasteiger charge is 2.53. The number of aliphatic hydroxyl groups excluding tert-OH is 1. The van der Waals surface area contributed by atoms with Crippen LogP contribution in [-0.4, -0.2) is 63.6 Å². The highest BCUT2D eigenvalue weighted by molar-refractivity contribution is 5.83. The quantitative estimate of drug-likeness (QED) is 0.136. The van der Waals surface area contributed by atoms with E-state index >= 15 is 0 Å². The third-order valence-corrected chi connectivity index (χ3v) is 7.69. The van der Waals surface area contributed by atoms with Crippen LogP contribution in [0.2, 0.25) is 0 Å². The average Bonchev–Trinajstić information content (AvgIpc) is 3.21. The molecule has 3 aliphatic heterocycles. The van der Waals surface area contributed by atoms with Crippen LogP contribution in [-0.2, 0) is 35.0 Å². The molecule has 6 unspecified atom stereocenters. The number of aromatic hydroxyl groups is 2. The molecule has 3 aliphatic rings. The summed E-state index contributed by atoms with van der Waals surface area (Å²) in [5, 5.41) is 29.6. The summed E-state index contributed by atoms with van der Waals surface area (Å²) >= 11 is 0. The van der Waals surface area contributed by atoms with Gasteiger partial charge in [-0.15, -0.1) is 0 Å². The molecule has 0 amide bonds. The Bertz CT molecular complexity index is 1070. The number of unbranched alkanes of at least 4 members (excludes halogenated alkanes) is 4. The van der Waals surface area contributed by atoms with E-state index in [2.05, 4.69) is 12.2 Å². The Labute approximate surface area is 235 Å². The summed E-state index contributed by atoms with van der Waals surface area (Å²) < 4.78 is 23.5. The molecule has 2 fully saturated rings. The van der Waals surface area contributed by atoms with E-state index in [9.17, 15) is 24.9 Å². The van der Waals surface area contributed by atoms with Crippen molar-refractivity contribution in [2.24, 2.45) is 0 Å². The van der Waals surface area contributed by atoms with Crippen LogP contribution in [0.3, 0.4) is 0 Å². The lowest BCUT2D eigenvalue weighted by Crippen LogP contribution is -2.47. The molecule has 9 nitrogen and oxygen atoms in total. The van der Waals surface area contributed by atoms with Crippen LogP contribution in [0.15, 0.2) is 42.5 Å². The SMILES string of the molecule is CC(=O)OC(CCCCCC/C=C/CCc1ccc(O)c(O)c1)CC1CC(O)CC2(CC3OC(=O)C=CC3O2)O1. The highest BCUT2D eigenvalue weighted by atomic mass is 16.7. The first kappa shape index (κ1) is 30.1. The predicted molar refractivity (Wildman–Crippen MR) is 146 cm³/mol. The lowest BCUT2D eigenvalue weighted by molar-refractivity contribution is -0.285. The molecule has 0 radical (unpaired) electrons. The van der Waals surface area contributed by atoms with Gasteiger partial charge in [-0.25, -0.2) is 4.79 Å². The number of allylic oxidation sites excluding steroid dienone is 2. The van der Waals surface area contributed by atoms with Gasteiger partial charge in [0.1, 0.15) is 18.3 Å². The molecule has 6 atom stereocenters. The number of phenolic OH excluding ortho intramolecular Hbond substituents is 2. The summed E-state index contributed by atoms with van der Waals surface area (Å²) in [7, 11) is 0. The van der Waals surface area contributed by atoms with Crippen LogP contribution < -0.4 is 0 Å². The van der Waals surface area contributed by atoms with Crippen molar-refractivity contribution < 1.29 is 43.9 Å². The van der Waals surface area contributed by atoms with Gasteiger partial charge in [-0.3, -0.25) is 4.79 Å². The van der Waals surface area contributed by atoms with Crippen molar-refractivity contribution in [2.75, 3.05) is 0 Å². The maximum Gasteiger partial charge on any atom is 0.330 e. The van der Waals surface area contributed by atoms with Gasteiger partial charge in [0.2, 0.25) is 0 Å². The zero-order chi connectivity index (χ0) is 28.5. The zero-order valence-corrected chi connectivity index (χ0v) is 23.2. The summed E-state index contributed by atoms with van der Waals surface area (Å²) in [5.41, 5.74) is 0.988. The molecule has 4 rings (SSSR count). The molecule has 1 aromatic rings. The van der Waals surface area contributed by atoms with Crippen molar-refractivity contribution in [1.29, 1.82) is 0 Å². The molecular formula is C31H42O9. The molecule has 1 spiro atoms. The van der Waals surface area contributed by atoms with E-state index in [0.29, 0.717) is 25.7 Å². The van der Waals surface area contributed by atoms with Crippen LogP contribution in [0.1, 0.15) is 83.1 Å². The maximum atomic E-state index is 11.8. The van der Waals surface area contributed by atoms with E-state index in [1.807, 2.05) is 6.07 Å². The Morgan fingerprint density at radius 1 is 1.10 bits per heavy atom. The van der Waals surface area contributed by atoms with Crippen LogP contribution in [0.5, 0.6) is 11.5 Å². The molecule has 1 aromatic carbocycles. The molecule has 40 heavy (non-hydrogen) atoms. The maximum absolute atomic E-state index is 11.8. The highest BCUT2D eigenvalue weighted by Crippen LogP contribution is 2.44. The summed E-state index contributed by atoms with van der Waals surface area (Å²) in [4.78, 5) is 23.4. The Hall–Kier alpha value is -2.88. The molecule has 3 N–H and O–H groups in total. The van der Waals surface area contributed by atoms with Crippen molar-refractivity contribution in [3.8, 4) is 11.5 Å². The first-order valence-corrected chi connectivity index (χ1v) is 14.5. The van der Waals surface area contributed by atoms with Gasteiger partial charge < -0.3 is 34.3 Å². The number of carbonyl (C=O) groups is 2. The number of esters is 2. The zero-order valence-electron chi connectivity index (χ0n) is 23.2. The molecule has 9 heteroatoms. The van der Waals surface area contributed by atoms with Crippen LogP contribution >= 0.6 is 0 Å². The third kappa shape index (κ3) is 8.81. The number of phenols is 2. The Kier molecular flexibility index (Phi) is 10.6. The average molecular weight is 559 g/mol. The fourth-order valence-corrected chi connectivity index (χ4v) is 5.88. The smallest absolute Gasteiger partial charge is 0.330 e. The van der Waals surface area contributed by atoms with E-state index in [4.69, 9.17) is 18.9 Å². The topological polar surface area (TPSA) is 132 Å². The minimum atomic E-state index is -1.01. The van der Waals surface area contributed by atoms with Gasteiger partial charge in [0.15, 0.2) is 17.3 Å². The summed E-state index contributed by atoms with van der Waals surface area (Å²) in [6.07, 6.45) is 14.5. The van der Waals surface area contributed by atoms with Crippen molar-refractivity contribution in [3.63, 3.8) is 0 Å². The number of rotatable bonds is 13. The molecule has 0 aliphatic carbocycles. The van der Waals surface area contributed by atoms with E-state index in [0.717, 1.165) is 56.9 Å². The van der Waals surface area contributed by atoms with E-state index in [-0.39, 0.29) is 35.8 Å². The second kappa shape index (κ2) is 14.1. The molecular weight excluding hydrogens is 516 g/mol. The fourth-order valence-electron chi connectivity index (χ4n) is 5.88. The lowest BCUT2D eigenvalue weighted by atomic mass is 9.92. The Morgan fingerprint density at radius 2 is 1.90 bits per heavy atom. The summed E-state index contributed by atoms with van der Waals surface area (Å²) in [6, 6.07) is 4.92. The van der Waals surface area contributed by atoms with Gasteiger partial charge in [0.25, 0.3) is 0 Å². The molecule has 0 saturated carbocycles. The van der Waals surface area contributed by atoms with Gasteiger partial charge >= 0.3 is 11.9 Å². The number of hydrogen-bond acceptors (Lipinski definition) is 9. The Morgan fingerprint density at radius 3 is 2.70 bits per heavy atom. The summed E-state index contributed by atoms with van der Waals surface area (Å²) in [6.45, 7) is 1.41. The second-order valence-electron chi connectivity index (χ2n) is 11.2. The molecule has 0 aromatic heterocycles. The third-order valence-electron chi connectivity index (χ3n) is 7.69. The molecule has 2 saturated heterocycles. The van der Waals surface area contributed by atoms with Crippen molar-refractivity contribution in [2.45, 2.75) is 120 Å². The van der Waals surface area contributed by atoms with E-state index < -0.39 is 24.0 Å². The van der Waals surface area contributed by atoms with Crippen LogP contribution in [0.25, 0.3) is 0 Å². The van der Waals surface area contributed by atoms with Crippen LogP contribution in [0.4, 0.5) is 0 Å². The van der Waals surface area contributed by atoms with Crippen molar-refractivity contribution in [3.05, 3.63) is 48.1 Å². The fraction of sp³-hybridized carbons (Fsp3) is 0.613. The number of fused-ring (bicyclic) bond motifs is 1. The van der Waals surface area contributed by atoms with Gasteiger partial charge in [-0.2, -0.15) is 0 Å². The normalized spacial score (nSPS) is 28.5. The van der Waals surface area contributed by atoms with E-state index in [1.54, 1.807) is 12.1 Å². The second-order valence-corrected chi connectivity index (χ2v) is 11.2. The number of hydrogen-bond donors (Lipinski definition) is 3. The largest absolute Gasteiger partial charge is 0.504 e. The van der Waals surface area contributed by atoms with Gasteiger partial charge in [0.05, 0.1) is 12.2 Å². The molecule has 3 heterocycles. The number of aliphatic hydroxyl groups is 1. The lowest BCUT2D eigenvalue weighted by Gasteiger charge is -2.41. The summed E-state index contributed by atoms with van der Waals surface area (Å²) in [5.74, 6) is -1.92. The minimum Gasteiger partial charge on any atom is -0.504 e. The van der Waals surface area contributed by atoms with Crippen LogP contribution in [0, 0.1) is 0 Å². The molecule has 0 bridgehead atoms.